The van der Waals surface area contributed by atoms with Crippen LogP contribution in [0.3, 0.4) is 0 Å². The maximum absolute atomic E-state index is 5.69. The Balaban J connectivity index is 2.04. The SMILES string of the molecule is NCCC(c1cccs1)N1CCOCC1. The summed E-state index contributed by atoms with van der Waals surface area (Å²) in [6.45, 7) is 4.52. The van der Waals surface area contributed by atoms with E-state index in [-0.39, 0.29) is 0 Å². The highest BCUT2D eigenvalue weighted by atomic mass is 32.1. The molecule has 1 aromatic heterocycles. The average molecular weight is 226 g/mol. The maximum Gasteiger partial charge on any atom is 0.0594 e. The number of nitrogens with two attached hydrogens (primary N) is 1. The summed E-state index contributed by atoms with van der Waals surface area (Å²) in [5.41, 5.74) is 5.69. The van der Waals surface area contributed by atoms with Crippen LogP contribution in [0.2, 0.25) is 0 Å². The van der Waals surface area contributed by atoms with E-state index >= 15 is 0 Å². The number of hydrogen-bond acceptors (Lipinski definition) is 4. The van der Waals surface area contributed by atoms with Gasteiger partial charge in [-0.2, -0.15) is 0 Å². The molecule has 1 saturated heterocycles. The molecule has 1 aliphatic rings. The molecule has 1 unspecified atom stereocenters. The van der Waals surface area contributed by atoms with Crippen LogP contribution in [0.25, 0.3) is 0 Å². The lowest BCUT2D eigenvalue weighted by Gasteiger charge is -2.33. The summed E-state index contributed by atoms with van der Waals surface area (Å²) >= 11 is 1.83. The third kappa shape index (κ3) is 2.78. The van der Waals surface area contributed by atoms with Crippen molar-refractivity contribution in [1.29, 1.82) is 0 Å². The second-order valence-corrected chi connectivity index (χ2v) is 4.74. The molecule has 0 saturated carbocycles. The van der Waals surface area contributed by atoms with Gasteiger partial charge in [0.1, 0.15) is 0 Å². The van der Waals surface area contributed by atoms with Crippen LogP contribution >= 0.6 is 11.3 Å². The highest BCUT2D eigenvalue weighted by Gasteiger charge is 2.22. The van der Waals surface area contributed by atoms with Crippen molar-refractivity contribution < 1.29 is 4.74 Å². The Morgan fingerprint density at radius 2 is 2.27 bits per heavy atom. The van der Waals surface area contributed by atoms with E-state index in [1.165, 1.54) is 4.88 Å². The Kier molecular flexibility index (Phi) is 4.14. The van der Waals surface area contributed by atoms with Crippen molar-refractivity contribution in [3.05, 3.63) is 22.4 Å². The molecule has 0 amide bonds. The summed E-state index contributed by atoms with van der Waals surface area (Å²) in [5, 5.41) is 2.14. The predicted molar refractivity (Wildman–Crippen MR) is 63.1 cm³/mol. The number of ether oxygens (including phenoxy) is 1. The molecule has 1 aromatic rings. The molecular weight excluding hydrogens is 208 g/mol. The van der Waals surface area contributed by atoms with Crippen LogP contribution in [-0.4, -0.2) is 37.7 Å². The van der Waals surface area contributed by atoms with E-state index < -0.39 is 0 Å². The van der Waals surface area contributed by atoms with Gasteiger partial charge in [0.2, 0.25) is 0 Å². The molecule has 1 atom stereocenters. The minimum atomic E-state index is 0.499. The minimum Gasteiger partial charge on any atom is -0.379 e. The van der Waals surface area contributed by atoms with E-state index in [0.717, 1.165) is 39.3 Å². The number of hydrogen-bond donors (Lipinski definition) is 1. The van der Waals surface area contributed by atoms with Gasteiger partial charge in [-0.3, -0.25) is 4.90 Å². The average Bonchev–Trinajstić information content (AvgIpc) is 2.80. The maximum atomic E-state index is 5.69. The fraction of sp³-hybridized carbons (Fsp3) is 0.636. The second kappa shape index (κ2) is 5.61. The molecule has 2 N–H and O–H groups in total. The van der Waals surface area contributed by atoms with Crippen LogP contribution in [0.5, 0.6) is 0 Å². The normalized spacial score (nSPS) is 20.3. The van der Waals surface area contributed by atoms with E-state index in [0.29, 0.717) is 6.04 Å². The molecule has 0 radical (unpaired) electrons. The first-order valence-corrected chi connectivity index (χ1v) is 6.35. The van der Waals surface area contributed by atoms with Gasteiger partial charge < -0.3 is 10.5 Å². The molecule has 1 aliphatic heterocycles. The molecule has 15 heavy (non-hydrogen) atoms. The van der Waals surface area contributed by atoms with E-state index in [1.807, 2.05) is 11.3 Å². The predicted octanol–water partition coefficient (Wildman–Crippen LogP) is 1.47. The first-order valence-electron chi connectivity index (χ1n) is 5.47. The van der Waals surface area contributed by atoms with Gasteiger partial charge in [0.25, 0.3) is 0 Å². The van der Waals surface area contributed by atoms with Crippen molar-refractivity contribution in [2.45, 2.75) is 12.5 Å². The van der Waals surface area contributed by atoms with Crippen molar-refractivity contribution in [2.24, 2.45) is 5.73 Å². The lowest BCUT2D eigenvalue weighted by atomic mass is 10.1. The minimum absolute atomic E-state index is 0.499. The smallest absolute Gasteiger partial charge is 0.0594 e. The third-order valence-corrected chi connectivity index (χ3v) is 3.77. The zero-order chi connectivity index (χ0) is 10.5. The molecule has 1 fully saturated rings. The Hall–Kier alpha value is -0.420. The van der Waals surface area contributed by atoms with Gasteiger partial charge in [0.05, 0.1) is 13.2 Å². The van der Waals surface area contributed by atoms with Crippen LogP contribution in [0.4, 0.5) is 0 Å². The third-order valence-electron chi connectivity index (χ3n) is 2.80. The Morgan fingerprint density at radius 1 is 1.47 bits per heavy atom. The Bertz CT molecular complexity index is 270. The number of nitrogens with zero attached hydrogens (tertiary/aromatic N) is 1. The Morgan fingerprint density at radius 3 is 2.87 bits per heavy atom. The van der Waals surface area contributed by atoms with Gasteiger partial charge in [0.15, 0.2) is 0 Å². The summed E-state index contributed by atoms with van der Waals surface area (Å²) in [4.78, 5) is 3.92. The standard InChI is InChI=1S/C11H18N2OS/c12-4-3-10(11-2-1-9-15-11)13-5-7-14-8-6-13/h1-2,9-10H,3-8,12H2. The molecular formula is C11H18N2OS. The van der Waals surface area contributed by atoms with Crippen LogP contribution in [0.15, 0.2) is 17.5 Å². The molecule has 4 heteroatoms. The molecule has 2 heterocycles. The topological polar surface area (TPSA) is 38.5 Å². The first-order chi connectivity index (χ1) is 7.42. The van der Waals surface area contributed by atoms with Crippen LogP contribution in [-0.2, 0) is 4.74 Å². The van der Waals surface area contributed by atoms with E-state index in [4.69, 9.17) is 10.5 Å². The van der Waals surface area contributed by atoms with Crippen molar-refractivity contribution in [1.82, 2.24) is 4.90 Å². The van der Waals surface area contributed by atoms with Crippen molar-refractivity contribution in [3.8, 4) is 0 Å². The van der Waals surface area contributed by atoms with E-state index in [9.17, 15) is 0 Å². The molecule has 3 nitrogen and oxygen atoms in total. The highest BCUT2D eigenvalue weighted by molar-refractivity contribution is 7.10. The lowest BCUT2D eigenvalue weighted by Crippen LogP contribution is -2.39. The highest BCUT2D eigenvalue weighted by Crippen LogP contribution is 2.28. The van der Waals surface area contributed by atoms with Crippen LogP contribution in [0.1, 0.15) is 17.3 Å². The lowest BCUT2D eigenvalue weighted by molar-refractivity contribution is 0.0155. The van der Waals surface area contributed by atoms with Gasteiger partial charge in [-0.05, 0) is 24.4 Å². The monoisotopic (exact) mass is 226 g/mol. The second-order valence-electron chi connectivity index (χ2n) is 3.76. The number of morpholine rings is 1. The van der Waals surface area contributed by atoms with Crippen LogP contribution in [0, 0.1) is 0 Å². The zero-order valence-corrected chi connectivity index (χ0v) is 9.71. The Labute approximate surface area is 94.8 Å². The quantitative estimate of drug-likeness (QED) is 0.845. The van der Waals surface area contributed by atoms with Crippen molar-refractivity contribution in [3.63, 3.8) is 0 Å². The summed E-state index contributed by atoms with van der Waals surface area (Å²) in [6.07, 6.45) is 1.04. The van der Waals surface area contributed by atoms with Gasteiger partial charge >= 0.3 is 0 Å². The molecule has 84 valence electrons. The molecule has 0 bridgehead atoms. The van der Waals surface area contributed by atoms with Gasteiger partial charge in [-0.25, -0.2) is 0 Å². The van der Waals surface area contributed by atoms with E-state index in [1.54, 1.807) is 0 Å². The molecule has 0 spiro atoms. The van der Waals surface area contributed by atoms with E-state index in [2.05, 4.69) is 22.4 Å². The summed E-state index contributed by atoms with van der Waals surface area (Å²) in [6, 6.07) is 4.82. The summed E-state index contributed by atoms with van der Waals surface area (Å²) in [7, 11) is 0. The molecule has 2 rings (SSSR count). The van der Waals surface area contributed by atoms with Crippen molar-refractivity contribution >= 4 is 11.3 Å². The fourth-order valence-electron chi connectivity index (χ4n) is 2.03. The largest absolute Gasteiger partial charge is 0.379 e. The summed E-state index contributed by atoms with van der Waals surface area (Å²) in [5.74, 6) is 0. The van der Waals surface area contributed by atoms with Crippen molar-refractivity contribution in [2.75, 3.05) is 32.8 Å². The number of rotatable bonds is 4. The van der Waals surface area contributed by atoms with Gasteiger partial charge in [0, 0.05) is 24.0 Å². The summed E-state index contributed by atoms with van der Waals surface area (Å²) < 4.78 is 5.38. The molecule has 0 aliphatic carbocycles. The zero-order valence-electron chi connectivity index (χ0n) is 8.89. The molecule has 0 aromatic carbocycles. The fourth-order valence-corrected chi connectivity index (χ4v) is 2.93. The number of thiophene rings is 1. The van der Waals surface area contributed by atoms with Crippen LogP contribution < -0.4 is 5.73 Å². The van der Waals surface area contributed by atoms with Gasteiger partial charge in [-0.1, -0.05) is 6.07 Å². The first kappa shape index (κ1) is 11.1. The van der Waals surface area contributed by atoms with Gasteiger partial charge in [-0.15, -0.1) is 11.3 Å².